The van der Waals surface area contributed by atoms with Crippen molar-refractivity contribution in [3.63, 3.8) is 0 Å². The third kappa shape index (κ3) is 5.02. The second kappa shape index (κ2) is 8.45. The van der Waals surface area contributed by atoms with Crippen LogP contribution in [0.2, 0.25) is 38.8 Å². The molecule has 0 radical (unpaired) electrons. The van der Waals surface area contributed by atoms with Crippen molar-refractivity contribution in [2.24, 2.45) is 0 Å². The quantitative estimate of drug-likeness (QED) is 0.450. The van der Waals surface area contributed by atoms with Crippen molar-refractivity contribution in [3.8, 4) is 0 Å². The lowest BCUT2D eigenvalue weighted by molar-refractivity contribution is 0.0462. The van der Waals surface area contributed by atoms with Crippen molar-refractivity contribution in [3.05, 3.63) is 0 Å². The normalized spacial score (nSPS) is 15.0. The fourth-order valence-corrected chi connectivity index (χ4v) is 14.5. The van der Waals surface area contributed by atoms with Crippen LogP contribution >= 0.6 is 0 Å². The molecule has 0 N–H and O–H groups in total. The summed E-state index contributed by atoms with van der Waals surface area (Å²) in [5.41, 5.74) is 0. The van der Waals surface area contributed by atoms with E-state index >= 15 is 0 Å². The predicted octanol–water partition coefficient (Wildman–Crippen LogP) is 5.23. The number of rotatable bonds is 11. The first kappa shape index (κ1) is 24.5. The summed E-state index contributed by atoms with van der Waals surface area (Å²) >= 11 is 0. The molecule has 0 saturated heterocycles. The summed E-state index contributed by atoms with van der Waals surface area (Å²) in [4.78, 5) is 0. The molecule has 0 heterocycles. The SMILES string of the molecule is CCC(CC)(O[Si](C)(C)C)[Si](C)(C)OC(C)(C)[Si](CC)(OC)OC. The summed E-state index contributed by atoms with van der Waals surface area (Å²) in [7, 11) is -2.83. The first-order valence-corrected chi connectivity index (χ1v) is 17.6. The molecule has 0 fully saturated rings. The van der Waals surface area contributed by atoms with Crippen molar-refractivity contribution in [2.75, 3.05) is 14.2 Å². The van der Waals surface area contributed by atoms with Crippen LogP contribution in [0.25, 0.3) is 0 Å². The van der Waals surface area contributed by atoms with Gasteiger partial charge in [-0.25, -0.2) is 0 Å². The minimum absolute atomic E-state index is 0.176. The highest BCUT2D eigenvalue weighted by atomic mass is 28.4. The van der Waals surface area contributed by atoms with Crippen molar-refractivity contribution >= 4 is 25.2 Å². The highest BCUT2D eigenvalue weighted by molar-refractivity contribution is 6.78. The average Bonchev–Trinajstić information content (AvgIpc) is 2.44. The van der Waals surface area contributed by atoms with Gasteiger partial charge in [-0.15, -0.1) is 0 Å². The van der Waals surface area contributed by atoms with Gasteiger partial charge in [-0.05, 0) is 65.5 Å². The molecular weight excluding hydrogens is 352 g/mol. The van der Waals surface area contributed by atoms with Crippen LogP contribution in [0.4, 0.5) is 0 Å². The average molecular weight is 395 g/mol. The Balaban J connectivity index is 5.85. The highest BCUT2D eigenvalue weighted by Crippen LogP contribution is 2.40. The van der Waals surface area contributed by atoms with Gasteiger partial charge in [-0.1, -0.05) is 20.8 Å². The van der Waals surface area contributed by atoms with Gasteiger partial charge in [0.15, 0.2) is 8.32 Å². The summed E-state index contributed by atoms with van der Waals surface area (Å²) in [5, 5.41) is -0.608. The first-order valence-electron chi connectivity index (χ1n) is 9.22. The second-order valence-electron chi connectivity index (χ2n) is 8.55. The number of hydrogen-bond acceptors (Lipinski definition) is 4. The zero-order valence-electron chi connectivity index (χ0n) is 18.3. The van der Waals surface area contributed by atoms with Gasteiger partial charge in [-0.3, -0.25) is 0 Å². The van der Waals surface area contributed by atoms with Gasteiger partial charge in [0.2, 0.25) is 8.32 Å². The van der Waals surface area contributed by atoms with Crippen molar-refractivity contribution < 1.29 is 17.7 Å². The Morgan fingerprint density at radius 3 is 1.42 bits per heavy atom. The van der Waals surface area contributed by atoms with E-state index in [0.29, 0.717) is 0 Å². The Morgan fingerprint density at radius 1 is 0.750 bits per heavy atom. The summed E-state index contributed by atoms with van der Waals surface area (Å²) < 4.78 is 25.5. The van der Waals surface area contributed by atoms with Gasteiger partial charge >= 0.3 is 8.56 Å². The third-order valence-corrected chi connectivity index (χ3v) is 14.9. The molecule has 0 aliphatic carbocycles. The molecule has 0 aromatic carbocycles. The van der Waals surface area contributed by atoms with Crippen LogP contribution in [-0.4, -0.2) is 49.9 Å². The molecule has 0 spiro atoms. The minimum Gasteiger partial charge on any atom is -0.412 e. The Kier molecular flexibility index (Phi) is 8.63. The molecule has 4 nitrogen and oxygen atoms in total. The molecule has 0 bridgehead atoms. The van der Waals surface area contributed by atoms with Crippen LogP contribution in [0.1, 0.15) is 47.5 Å². The Labute approximate surface area is 154 Å². The van der Waals surface area contributed by atoms with Gasteiger partial charge in [0.1, 0.15) is 0 Å². The molecule has 0 aliphatic heterocycles. The molecule has 0 atom stereocenters. The van der Waals surface area contributed by atoms with E-state index in [0.717, 1.165) is 18.9 Å². The monoisotopic (exact) mass is 394 g/mol. The van der Waals surface area contributed by atoms with E-state index in [2.05, 4.69) is 67.4 Å². The molecule has 0 unspecified atom stereocenters. The molecule has 0 aromatic rings. The lowest BCUT2D eigenvalue weighted by Gasteiger charge is -2.52. The van der Waals surface area contributed by atoms with Gasteiger partial charge in [0.25, 0.3) is 0 Å². The molecule has 0 aliphatic rings. The molecule has 0 saturated carbocycles. The smallest absolute Gasteiger partial charge is 0.368 e. The van der Waals surface area contributed by atoms with Gasteiger partial charge in [0.05, 0.1) is 10.4 Å². The topological polar surface area (TPSA) is 36.9 Å². The summed E-state index contributed by atoms with van der Waals surface area (Å²) in [6.07, 6.45) is 1.95. The summed E-state index contributed by atoms with van der Waals surface area (Å²) in [5.74, 6) is 0. The van der Waals surface area contributed by atoms with Crippen LogP contribution in [0.15, 0.2) is 0 Å². The van der Waals surface area contributed by atoms with Crippen LogP contribution in [0, 0.1) is 0 Å². The van der Waals surface area contributed by atoms with E-state index in [1.54, 1.807) is 14.2 Å². The van der Waals surface area contributed by atoms with E-state index in [-0.39, 0.29) is 5.22 Å². The van der Waals surface area contributed by atoms with E-state index in [4.69, 9.17) is 17.7 Å². The maximum atomic E-state index is 6.90. The standard InChI is InChI=1S/C17H42O4Si3/c1-13-17(14-2,21-22(8,9)10)23(11,12)20-16(4,5)24(15-3,18-6)19-7/h13-15H2,1-12H3. The summed E-state index contributed by atoms with van der Waals surface area (Å²) in [6, 6.07) is 0.859. The van der Waals surface area contributed by atoms with Crippen LogP contribution in [0.5, 0.6) is 0 Å². The maximum Gasteiger partial charge on any atom is 0.368 e. The molecule has 0 aromatic heterocycles. The van der Waals surface area contributed by atoms with Crippen molar-refractivity contribution in [1.29, 1.82) is 0 Å². The Morgan fingerprint density at radius 2 is 1.17 bits per heavy atom. The molecular formula is C17H42O4Si3. The minimum atomic E-state index is -2.45. The van der Waals surface area contributed by atoms with Crippen molar-refractivity contribution in [2.45, 2.75) is 96.7 Å². The second-order valence-corrected chi connectivity index (χ2v) is 21.4. The zero-order valence-corrected chi connectivity index (χ0v) is 21.3. The van der Waals surface area contributed by atoms with Gasteiger partial charge < -0.3 is 17.7 Å². The van der Waals surface area contributed by atoms with Crippen LogP contribution in [-0.2, 0) is 17.7 Å². The van der Waals surface area contributed by atoms with E-state index < -0.39 is 30.4 Å². The van der Waals surface area contributed by atoms with Gasteiger partial charge in [-0.2, -0.15) is 0 Å². The molecule has 0 rings (SSSR count). The lowest BCUT2D eigenvalue weighted by atomic mass is 10.2. The third-order valence-electron chi connectivity index (χ3n) is 5.29. The molecule has 7 heteroatoms. The van der Waals surface area contributed by atoms with E-state index in [1.807, 2.05) is 0 Å². The molecule has 146 valence electrons. The zero-order chi connectivity index (χ0) is 19.4. The largest absolute Gasteiger partial charge is 0.412 e. The summed E-state index contributed by atoms with van der Waals surface area (Å²) in [6.45, 7) is 22.2. The van der Waals surface area contributed by atoms with Crippen LogP contribution < -0.4 is 0 Å². The van der Waals surface area contributed by atoms with Crippen LogP contribution in [0.3, 0.4) is 0 Å². The first-order chi connectivity index (χ1) is 10.7. The fraction of sp³-hybridized carbons (Fsp3) is 1.00. The predicted molar refractivity (Wildman–Crippen MR) is 111 cm³/mol. The molecule has 24 heavy (non-hydrogen) atoms. The van der Waals surface area contributed by atoms with Crippen molar-refractivity contribution in [1.82, 2.24) is 0 Å². The maximum absolute atomic E-state index is 6.90. The molecule has 0 amide bonds. The number of hydrogen-bond donors (Lipinski definition) is 0. The Bertz CT molecular complexity index is 376. The Hall–Kier alpha value is 0.491. The van der Waals surface area contributed by atoms with E-state index in [1.165, 1.54) is 0 Å². The van der Waals surface area contributed by atoms with Gasteiger partial charge in [0, 0.05) is 14.2 Å². The lowest BCUT2D eigenvalue weighted by Crippen LogP contribution is -2.69. The van der Waals surface area contributed by atoms with E-state index in [9.17, 15) is 0 Å². The fourth-order valence-electron chi connectivity index (χ4n) is 4.05. The highest BCUT2D eigenvalue weighted by Gasteiger charge is 2.58.